The van der Waals surface area contributed by atoms with Gasteiger partial charge in [-0.15, -0.1) is 6.58 Å². The number of nitrogens with zero attached hydrogens (tertiary/aromatic N) is 2. The van der Waals surface area contributed by atoms with Gasteiger partial charge in [-0.2, -0.15) is 0 Å². The molecule has 0 saturated heterocycles. The predicted octanol–water partition coefficient (Wildman–Crippen LogP) is 7.08. The minimum atomic E-state index is -1.41. The Balaban J connectivity index is 1.59. The molecule has 1 aliphatic heterocycles. The maximum atomic E-state index is 14.1. The number of aromatic hydroxyl groups is 1. The third-order valence-corrected chi connectivity index (χ3v) is 10.9. The number of methoxy groups -OCH3 is 1. The van der Waals surface area contributed by atoms with E-state index in [4.69, 9.17) is 19.0 Å². The highest BCUT2D eigenvalue weighted by Crippen LogP contribution is 2.62. The Morgan fingerprint density at radius 2 is 1.80 bits per heavy atom. The number of hydrogen-bond acceptors (Lipinski definition) is 9. The van der Waals surface area contributed by atoms with Gasteiger partial charge in [0, 0.05) is 31.1 Å². The van der Waals surface area contributed by atoms with Gasteiger partial charge in [0.25, 0.3) is 0 Å². The number of hydrogen-bond donors (Lipinski definition) is 3. The summed E-state index contributed by atoms with van der Waals surface area (Å²) in [5.74, 6) is -1.23. The standard InChI is InChI=1S/C41H50N2O8/c1-4-22-50-41-37(43(40(47)48-2)26-29-15-11-14-27-12-5-6-16-31(27)29)25-35(42-49-3)33-23-28(13-7-9-20-44)32(17-8-10-21-45)38(39(33)41)34-24-30(46)18-19-36(34)51-41/h4-6,11-12,14-16,18-19,23-24,28,32,37-39,44-46H,1,7-10,13,17,20-22,25-26H2,2-3H3/t28-,32+,37-,38+,39+,41+/m0/s1. The fourth-order valence-corrected chi connectivity index (χ4v) is 8.80. The molecule has 1 fully saturated rings. The Bertz CT molecular complexity index is 1750. The van der Waals surface area contributed by atoms with E-state index in [1.807, 2.05) is 36.4 Å². The third-order valence-electron chi connectivity index (χ3n) is 10.9. The lowest BCUT2D eigenvalue weighted by molar-refractivity contribution is -0.256. The number of phenols is 1. The van der Waals surface area contributed by atoms with Gasteiger partial charge in [0.1, 0.15) is 24.7 Å². The molecule has 0 bridgehead atoms. The Labute approximate surface area is 300 Å². The molecule has 3 N–H and O–H groups in total. The van der Waals surface area contributed by atoms with Crippen LogP contribution in [0, 0.1) is 17.8 Å². The molecule has 10 heteroatoms. The van der Waals surface area contributed by atoms with Crippen molar-refractivity contribution in [1.29, 1.82) is 0 Å². The van der Waals surface area contributed by atoms with E-state index in [9.17, 15) is 20.1 Å². The number of benzene rings is 3. The van der Waals surface area contributed by atoms with Gasteiger partial charge in [0.15, 0.2) is 0 Å². The van der Waals surface area contributed by atoms with E-state index < -0.39 is 23.8 Å². The van der Waals surface area contributed by atoms with Crippen molar-refractivity contribution in [3.8, 4) is 11.5 Å². The number of phenolic OH excluding ortho intramolecular Hbond substituents is 1. The first kappa shape index (κ1) is 36.4. The van der Waals surface area contributed by atoms with Crippen LogP contribution in [0.15, 0.2) is 90.1 Å². The van der Waals surface area contributed by atoms with Crippen LogP contribution in [0.5, 0.6) is 11.5 Å². The highest BCUT2D eigenvalue weighted by molar-refractivity contribution is 6.03. The Morgan fingerprint density at radius 1 is 1.04 bits per heavy atom. The molecule has 0 unspecified atom stereocenters. The van der Waals surface area contributed by atoms with Crippen molar-refractivity contribution in [3.63, 3.8) is 0 Å². The largest absolute Gasteiger partial charge is 0.508 e. The lowest BCUT2D eigenvalue weighted by atomic mass is 9.55. The number of carbonyl (C=O) groups excluding carboxylic acids is 1. The molecule has 1 amide bonds. The summed E-state index contributed by atoms with van der Waals surface area (Å²) in [5.41, 5.74) is 3.42. The van der Waals surface area contributed by atoms with E-state index in [0.717, 1.165) is 53.2 Å². The van der Waals surface area contributed by atoms with Crippen molar-refractivity contribution in [2.75, 3.05) is 34.0 Å². The van der Waals surface area contributed by atoms with E-state index in [0.29, 0.717) is 24.3 Å². The molecule has 0 aromatic heterocycles. The van der Waals surface area contributed by atoms with Crippen LogP contribution in [0.3, 0.4) is 0 Å². The maximum absolute atomic E-state index is 14.1. The molecule has 6 rings (SSSR count). The summed E-state index contributed by atoms with van der Waals surface area (Å²) in [6, 6.07) is 18.6. The monoisotopic (exact) mass is 698 g/mol. The van der Waals surface area contributed by atoms with Gasteiger partial charge in [0.2, 0.25) is 5.79 Å². The minimum Gasteiger partial charge on any atom is -0.508 e. The SMILES string of the molecule is C=CCO[C@@]12Oc3ccc(O)cc3[C@H]3[C@H](CCCCO)[C@@H](CCCCO)C=C(C(=NOC)C[C@@H]1N(Cc1cccc4ccccc14)C(=O)OC)[C@H]32. The summed E-state index contributed by atoms with van der Waals surface area (Å²) in [6.07, 6.45) is 8.32. The molecular formula is C41H50N2O8. The van der Waals surface area contributed by atoms with Crippen LogP contribution in [0.25, 0.3) is 10.8 Å². The lowest BCUT2D eigenvalue weighted by Crippen LogP contribution is -2.70. The molecule has 3 aromatic rings. The van der Waals surface area contributed by atoms with E-state index in [1.165, 1.54) is 14.2 Å². The lowest BCUT2D eigenvalue weighted by Gasteiger charge is -2.59. The van der Waals surface area contributed by atoms with Crippen molar-refractivity contribution in [2.45, 2.75) is 69.2 Å². The quantitative estimate of drug-likeness (QED) is 0.0873. The summed E-state index contributed by atoms with van der Waals surface area (Å²) >= 11 is 0. The molecule has 0 spiro atoms. The first-order valence-electron chi connectivity index (χ1n) is 18.0. The van der Waals surface area contributed by atoms with Gasteiger partial charge in [-0.1, -0.05) is 72.6 Å². The number of fused-ring (bicyclic) bond motifs is 3. The van der Waals surface area contributed by atoms with Crippen molar-refractivity contribution in [1.82, 2.24) is 4.90 Å². The van der Waals surface area contributed by atoms with Crippen LogP contribution in [0.4, 0.5) is 4.79 Å². The molecule has 3 aliphatic rings. The zero-order valence-electron chi connectivity index (χ0n) is 29.6. The molecule has 51 heavy (non-hydrogen) atoms. The summed E-state index contributed by atoms with van der Waals surface area (Å²) in [7, 11) is 2.90. The first-order valence-corrected chi connectivity index (χ1v) is 18.0. The van der Waals surface area contributed by atoms with Gasteiger partial charge in [0.05, 0.1) is 31.9 Å². The Kier molecular flexibility index (Phi) is 11.6. The fraction of sp³-hybridized carbons (Fsp3) is 0.463. The number of oxime groups is 1. The van der Waals surface area contributed by atoms with E-state index in [2.05, 4.69) is 23.9 Å². The average Bonchev–Trinajstić information content (AvgIpc) is 3.15. The predicted molar refractivity (Wildman–Crippen MR) is 196 cm³/mol. The number of aliphatic hydroxyl groups excluding tert-OH is 2. The van der Waals surface area contributed by atoms with Crippen molar-refractivity contribution in [3.05, 3.63) is 96.1 Å². The van der Waals surface area contributed by atoms with E-state index in [-0.39, 0.29) is 56.3 Å². The normalized spacial score (nSPS) is 25.7. The molecule has 3 aromatic carbocycles. The molecule has 272 valence electrons. The van der Waals surface area contributed by atoms with Crippen molar-refractivity contribution >= 4 is 22.6 Å². The van der Waals surface area contributed by atoms with Crippen molar-refractivity contribution in [2.24, 2.45) is 22.9 Å². The summed E-state index contributed by atoms with van der Waals surface area (Å²) in [4.78, 5) is 21.3. The fourth-order valence-electron chi connectivity index (χ4n) is 8.80. The zero-order chi connectivity index (χ0) is 36.0. The highest BCUT2D eigenvalue weighted by atomic mass is 16.7. The number of unbranched alkanes of at least 4 members (excludes halogenated alkanes) is 2. The first-order chi connectivity index (χ1) is 24.9. The minimum absolute atomic E-state index is 0.0623. The van der Waals surface area contributed by atoms with Crippen LogP contribution >= 0.6 is 0 Å². The number of amides is 1. The number of allylic oxidation sites excluding steroid dienone is 1. The molecule has 0 radical (unpaired) electrons. The maximum Gasteiger partial charge on any atom is 0.410 e. The third kappa shape index (κ3) is 7.09. The van der Waals surface area contributed by atoms with Crippen LogP contribution in [0.2, 0.25) is 0 Å². The number of carbonyl (C=O) groups is 1. The van der Waals surface area contributed by atoms with E-state index in [1.54, 1.807) is 29.2 Å². The second kappa shape index (κ2) is 16.3. The molecular weight excluding hydrogens is 648 g/mol. The molecule has 1 saturated carbocycles. The second-order valence-electron chi connectivity index (χ2n) is 13.7. The second-order valence-corrected chi connectivity index (χ2v) is 13.7. The van der Waals surface area contributed by atoms with E-state index >= 15 is 0 Å². The molecule has 6 atom stereocenters. The summed E-state index contributed by atoms with van der Waals surface area (Å²) in [5, 5.41) is 37.0. The molecule has 2 aliphatic carbocycles. The van der Waals surface area contributed by atoms with Gasteiger partial charge < -0.3 is 34.4 Å². The van der Waals surface area contributed by atoms with Crippen molar-refractivity contribution < 1.29 is 39.2 Å². The van der Waals surface area contributed by atoms with Crippen LogP contribution in [0.1, 0.15) is 62.0 Å². The number of ether oxygens (including phenoxy) is 3. The molecule has 10 nitrogen and oxygen atoms in total. The zero-order valence-corrected chi connectivity index (χ0v) is 29.6. The Morgan fingerprint density at radius 3 is 2.55 bits per heavy atom. The average molecular weight is 699 g/mol. The van der Waals surface area contributed by atoms with Crippen LogP contribution < -0.4 is 4.74 Å². The number of aliphatic hydroxyl groups is 2. The van der Waals surface area contributed by atoms with Gasteiger partial charge in [-0.25, -0.2) is 4.79 Å². The molecule has 1 heterocycles. The number of rotatable bonds is 15. The summed E-state index contributed by atoms with van der Waals surface area (Å²) < 4.78 is 19.6. The van der Waals surface area contributed by atoms with Gasteiger partial charge >= 0.3 is 6.09 Å². The van der Waals surface area contributed by atoms with Gasteiger partial charge in [-0.3, -0.25) is 4.90 Å². The topological polar surface area (TPSA) is 130 Å². The van der Waals surface area contributed by atoms with Crippen LogP contribution in [-0.2, 0) is 20.9 Å². The van der Waals surface area contributed by atoms with Crippen LogP contribution in [-0.4, -0.2) is 77.9 Å². The smallest absolute Gasteiger partial charge is 0.410 e. The highest BCUT2D eigenvalue weighted by Gasteiger charge is 2.65. The Hall–Kier alpha value is -4.38. The summed E-state index contributed by atoms with van der Waals surface area (Å²) in [6.45, 7) is 4.55. The van der Waals surface area contributed by atoms with Gasteiger partial charge in [-0.05, 0) is 77.6 Å².